The van der Waals surface area contributed by atoms with Crippen molar-refractivity contribution in [3.63, 3.8) is 0 Å². The molecule has 0 radical (unpaired) electrons. The standard InChI is InChI=1S/C11H15N/c1-2-6-11-7-4-3-5-9-12-10-8-11/h2-5,7-8,12H,1,6,9-10H2/b5-3+,7-4-,11-8+. The van der Waals surface area contributed by atoms with Gasteiger partial charge in [-0.05, 0) is 12.0 Å². The van der Waals surface area contributed by atoms with Crippen molar-refractivity contribution in [2.75, 3.05) is 13.1 Å². The Morgan fingerprint density at radius 3 is 3.17 bits per heavy atom. The summed E-state index contributed by atoms with van der Waals surface area (Å²) in [6, 6.07) is 0. The van der Waals surface area contributed by atoms with Crippen molar-refractivity contribution in [3.05, 3.63) is 48.6 Å². The minimum Gasteiger partial charge on any atom is -0.310 e. The van der Waals surface area contributed by atoms with E-state index in [0.717, 1.165) is 19.5 Å². The monoisotopic (exact) mass is 161 g/mol. The molecule has 0 amide bonds. The Balaban J connectivity index is 2.61. The van der Waals surface area contributed by atoms with E-state index in [-0.39, 0.29) is 0 Å². The molecule has 0 saturated heterocycles. The molecule has 0 saturated carbocycles. The molecule has 0 aromatic carbocycles. The molecule has 1 heteroatoms. The summed E-state index contributed by atoms with van der Waals surface area (Å²) in [5, 5.41) is 3.28. The Labute approximate surface area is 74.2 Å². The first-order valence-electron chi connectivity index (χ1n) is 4.27. The molecule has 1 aliphatic heterocycles. The van der Waals surface area contributed by atoms with E-state index >= 15 is 0 Å². The van der Waals surface area contributed by atoms with Crippen molar-refractivity contribution in [1.29, 1.82) is 0 Å². The highest BCUT2D eigenvalue weighted by atomic mass is 14.8. The fourth-order valence-corrected chi connectivity index (χ4v) is 1.08. The third kappa shape index (κ3) is 3.35. The molecule has 1 N–H and O–H groups in total. The first-order chi connectivity index (χ1) is 5.93. The summed E-state index contributed by atoms with van der Waals surface area (Å²) in [5.41, 5.74) is 1.32. The van der Waals surface area contributed by atoms with Crippen molar-refractivity contribution in [2.45, 2.75) is 6.42 Å². The minimum absolute atomic E-state index is 0.942. The zero-order valence-electron chi connectivity index (χ0n) is 7.29. The second-order valence-corrected chi connectivity index (χ2v) is 2.72. The van der Waals surface area contributed by atoms with E-state index in [2.05, 4.69) is 42.3 Å². The van der Waals surface area contributed by atoms with Crippen LogP contribution in [-0.4, -0.2) is 13.1 Å². The van der Waals surface area contributed by atoms with Crippen molar-refractivity contribution < 1.29 is 0 Å². The summed E-state index contributed by atoms with van der Waals surface area (Å²) in [5.74, 6) is 0. The molecule has 1 heterocycles. The molecule has 1 rings (SSSR count). The minimum atomic E-state index is 0.942. The van der Waals surface area contributed by atoms with Crippen molar-refractivity contribution in [1.82, 2.24) is 5.32 Å². The van der Waals surface area contributed by atoms with Crippen molar-refractivity contribution in [2.24, 2.45) is 0 Å². The lowest BCUT2D eigenvalue weighted by Crippen LogP contribution is -2.12. The summed E-state index contributed by atoms with van der Waals surface area (Å²) in [7, 11) is 0. The van der Waals surface area contributed by atoms with Gasteiger partial charge >= 0.3 is 0 Å². The zero-order chi connectivity index (χ0) is 8.65. The van der Waals surface area contributed by atoms with Crippen LogP contribution in [0.1, 0.15) is 6.42 Å². The lowest BCUT2D eigenvalue weighted by Gasteiger charge is -1.97. The van der Waals surface area contributed by atoms with Crippen LogP contribution in [0.2, 0.25) is 0 Å². The van der Waals surface area contributed by atoms with Gasteiger partial charge in [-0.15, -0.1) is 6.58 Å². The van der Waals surface area contributed by atoms with Gasteiger partial charge in [0.25, 0.3) is 0 Å². The van der Waals surface area contributed by atoms with Crippen LogP contribution < -0.4 is 5.32 Å². The van der Waals surface area contributed by atoms with Gasteiger partial charge in [-0.2, -0.15) is 0 Å². The SMILES string of the molecule is C=CCC1=C\CNC/C=C/C=C\1. The van der Waals surface area contributed by atoms with Gasteiger partial charge < -0.3 is 5.32 Å². The lowest BCUT2D eigenvalue weighted by molar-refractivity contribution is 0.840. The summed E-state index contributed by atoms with van der Waals surface area (Å²) < 4.78 is 0. The average Bonchev–Trinajstić information content (AvgIpc) is 2.19. The van der Waals surface area contributed by atoms with E-state index in [1.54, 1.807) is 0 Å². The second-order valence-electron chi connectivity index (χ2n) is 2.72. The number of hydrogen-bond donors (Lipinski definition) is 1. The van der Waals surface area contributed by atoms with Gasteiger partial charge in [0.15, 0.2) is 0 Å². The second kappa shape index (κ2) is 5.56. The Hall–Kier alpha value is -1.08. The summed E-state index contributed by atoms with van der Waals surface area (Å²) in [6.45, 7) is 5.61. The summed E-state index contributed by atoms with van der Waals surface area (Å²) in [4.78, 5) is 0. The fraction of sp³-hybridized carbons (Fsp3) is 0.273. The molecule has 0 fully saturated rings. The smallest absolute Gasteiger partial charge is 0.0143 e. The highest BCUT2D eigenvalue weighted by Crippen LogP contribution is 2.04. The van der Waals surface area contributed by atoms with Crippen LogP contribution in [0.25, 0.3) is 0 Å². The van der Waals surface area contributed by atoms with E-state index in [9.17, 15) is 0 Å². The van der Waals surface area contributed by atoms with Crippen LogP contribution in [-0.2, 0) is 0 Å². The van der Waals surface area contributed by atoms with Crippen LogP contribution in [0.4, 0.5) is 0 Å². The predicted octanol–water partition coefficient (Wildman–Crippen LogP) is 2.20. The first kappa shape index (κ1) is 9.01. The summed E-state index contributed by atoms with van der Waals surface area (Å²) >= 11 is 0. The van der Waals surface area contributed by atoms with Gasteiger partial charge in [-0.3, -0.25) is 0 Å². The van der Waals surface area contributed by atoms with Crippen LogP contribution in [0.3, 0.4) is 0 Å². The quantitative estimate of drug-likeness (QED) is 0.612. The third-order valence-corrected chi connectivity index (χ3v) is 1.71. The highest BCUT2D eigenvalue weighted by Gasteiger charge is 1.89. The molecular weight excluding hydrogens is 146 g/mol. The van der Waals surface area contributed by atoms with Crippen LogP contribution in [0.5, 0.6) is 0 Å². The van der Waals surface area contributed by atoms with E-state index in [0.29, 0.717) is 0 Å². The van der Waals surface area contributed by atoms with Crippen molar-refractivity contribution in [3.8, 4) is 0 Å². The zero-order valence-corrected chi connectivity index (χ0v) is 7.29. The summed E-state index contributed by atoms with van der Waals surface area (Å²) in [6.07, 6.45) is 13.5. The maximum Gasteiger partial charge on any atom is 0.0143 e. The molecular formula is C11H15N. The molecule has 64 valence electrons. The maximum atomic E-state index is 3.72. The Morgan fingerprint density at radius 2 is 2.33 bits per heavy atom. The molecule has 0 bridgehead atoms. The topological polar surface area (TPSA) is 12.0 Å². The fourth-order valence-electron chi connectivity index (χ4n) is 1.08. The number of allylic oxidation sites excluding steroid dienone is 5. The molecule has 0 aliphatic carbocycles. The van der Waals surface area contributed by atoms with Gasteiger partial charge in [0, 0.05) is 13.1 Å². The number of rotatable bonds is 2. The van der Waals surface area contributed by atoms with Gasteiger partial charge in [-0.25, -0.2) is 0 Å². The molecule has 0 aromatic heterocycles. The normalized spacial score (nSPS) is 27.2. The van der Waals surface area contributed by atoms with Gasteiger partial charge in [0.2, 0.25) is 0 Å². The Morgan fingerprint density at radius 1 is 1.42 bits per heavy atom. The van der Waals surface area contributed by atoms with E-state index < -0.39 is 0 Å². The van der Waals surface area contributed by atoms with Gasteiger partial charge in [0.1, 0.15) is 0 Å². The average molecular weight is 161 g/mol. The number of nitrogens with one attached hydrogen (secondary N) is 1. The Bertz CT molecular complexity index is 221. The highest BCUT2D eigenvalue weighted by molar-refractivity contribution is 5.25. The Kier molecular flexibility index (Phi) is 4.17. The molecule has 12 heavy (non-hydrogen) atoms. The molecule has 0 aromatic rings. The molecule has 0 spiro atoms. The van der Waals surface area contributed by atoms with E-state index in [4.69, 9.17) is 0 Å². The molecule has 1 nitrogen and oxygen atoms in total. The van der Waals surface area contributed by atoms with Crippen molar-refractivity contribution >= 4 is 0 Å². The third-order valence-electron chi connectivity index (χ3n) is 1.71. The van der Waals surface area contributed by atoms with Gasteiger partial charge in [-0.1, -0.05) is 36.5 Å². The largest absolute Gasteiger partial charge is 0.310 e. The lowest BCUT2D eigenvalue weighted by atomic mass is 10.1. The molecule has 0 atom stereocenters. The van der Waals surface area contributed by atoms with Crippen LogP contribution in [0.15, 0.2) is 48.6 Å². The van der Waals surface area contributed by atoms with E-state index in [1.807, 2.05) is 6.08 Å². The number of hydrogen-bond acceptors (Lipinski definition) is 1. The first-order valence-corrected chi connectivity index (χ1v) is 4.27. The van der Waals surface area contributed by atoms with E-state index in [1.165, 1.54) is 5.57 Å². The molecule has 1 aliphatic rings. The maximum absolute atomic E-state index is 3.72. The van der Waals surface area contributed by atoms with Gasteiger partial charge in [0.05, 0.1) is 0 Å². The van der Waals surface area contributed by atoms with Crippen LogP contribution in [0, 0.1) is 0 Å². The van der Waals surface area contributed by atoms with Crippen LogP contribution >= 0.6 is 0 Å². The molecule has 0 unspecified atom stereocenters. The predicted molar refractivity (Wildman–Crippen MR) is 54.0 cm³/mol.